The first-order valence-corrected chi connectivity index (χ1v) is 10.1. The Kier molecular flexibility index (Phi) is 12.9. The maximum atomic E-state index is 11.8. The van der Waals surface area contributed by atoms with Crippen LogP contribution >= 0.6 is 36.2 Å². The van der Waals surface area contributed by atoms with E-state index in [0.29, 0.717) is 12.5 Å². The van der Waals surface area contributed by atoms with Crippen molar-refractivity contribution in [2.45, 2.75) is 64.3 Å². The van der Waals surface area contributed by atoms with Crippen molar-refractivity contribution in [3.63, 3.8) is 0 Å². The van der Waals surface area contributed by atoms with Crippen LogP contribution in [0.3, 0.4) is 0 Å². The van der Waals surface area contributed by atoms with Gasteiger partial charge in [0.05, 0.1) is 23.3 Å². The second kappa shape index (κ2) is 13.3. The molecular formula is C18H32Cl2N4O2S. The molecule has 0 aromatic carbocycles. The number of hydrogen-bond donors (Lipinski definition) is 3. The molecule has 6 nitrogen and oxygen atoms in total. The van der Waals surface area contributed by atoms with Crippen molar-refractivity contribution in [3.05, 3.63) is 16.1 Å². The van der Waals surface area contributed by atoms with E-state index < -0.39 is 6.04 Å². The van der Waals surface area contributed by atoms with E-state index >= 15 is 0 Å². The topological polar surface area (TPSA) is 97.1 Å². The van der Waals surface area contributed by atoms with Crippen molar-refractivity contribution < 1.29 is 9.59 Å². The summed E-state index contributed by atoms with van der Waals surface area (Å²) >= 11 is 1.67. The molecule has 0 unspecified atom stereocenters. The largest absolute Gasteiger partial charge is 0.354 e. The summed E-state index contributed by atoms with van der Waals surface area (Å²) in [5, 5.41) is 8.62. The quantitative estimate of drug-likeness (QED) is 0.580. The highest BCUT2D eigenvalue weighted by Crippen LogP contribution is 2.33. The van der Waals surface area contributed by atoms with Crippen molar-refractivity contribution in [1.29, 1.82) is 0 Å². The summed E-state index contributed by atoms with van der Waals surface area (Å²) in [5.41, 5.74) is 6.96. The molecule has 1 aromatic heterocycles. The Bertz CT molecular complexity index is 577. The maximum Gasteiger partial charge on any atom is 0.239 e. The number of nitrogens with two attached hydrogens (primary N) is 1. The first kappa shape index (κ1) is 26.1. The number of rotatable bonds is 8. The van der Waals surface area contributed by atoms with Crippen LogP contribution in [0.15, 0.2) is 5.38 Å². The predicted octanol–water partition coefficient (Wildman–Crippen LogP) is 2.79. The highest BCUT2D eigenvalue weighted by atomic mass is 35.5. The molecule has 1 aliphatic rings. The van der Waals surface area contributed by atoms with Gasteiger partial charge in [-0.3, -0.25) is 9.59 Å². The fraction of sp³-hybridized carbons (Fsp3) is 0.722. The van der Waals surface area contributed by atoms with Crippen molar-refractivity contribution in [3.8, 4) is 0 Å². The van der Waals surface area contributed by atoms with E-state index in [9.17, 15) is 9.59 Å². The summed E-state index contributed by atoms with van der Waals surface area (Å²) in [6.07, 6.45) is 7.18. The SMILES string of the molecule is CC(C)[C@H](N)C(=O)NCC(=O)NCCc1nc(C2CCCCC2)cs1.Cl.Cl. The van der Waals surface area contributed by atoms with Crippen molar-refractivity contribution in [2.75, 3.05) is 13.1 Å². The highest BCUT2D eigenvalue weighted by molar-refractivity contribution is 7.09. The fourth-order valence-corrected chi connectivity index (χ4v) is 3.87. The zero-order valence-electron chi connectivity index (χ0n) is 16.0. The van der Waals surface area contributed by atoms with Gasteiger partial charge in [0.2, 0.25) is 11.8 Å². The van der Waals surface area contributed by atoms with E-state index in [4.69, 9.17) is 10.7 Å². The number of halogens is 2. The van der Waals surface area contributed by atoms with Crippen LogP contribution in [0.1, 0.15) is 62.6 Å². The molecule has 0 bridgehead atoms. The number of hydrogen-bond acceptors (Lipinski definition) is 5. The molecular weight excluding hydrogens is 407 g/mol. The van der Waals surface area contributed by atoms with Gasteiger partial charge in [-0.1, -0.05) is 33.1 Å². The average molecular weight is 439 g/mol. The van der Waals surface area contributed by atoms with Crippen molar-refractivity contribution >= 4 is 48.0 Å². The summed E-state index contributed by atoms with van der Waals surface area (Å²) in [6, 6.07) is -0.582. The van der Waals surface area contributed by atoms with Gasteiger partial charge < -0.3 is 16.4 Å². The van der Waals surface area contributed by atoms with Crippen LogP contribution in [0.4, 0.5) is 0 Å². The van der Waals surface area contributed by atoms with Crippen molar-refractivity contribution in [2.24, 2.45) is 11.7 Å². The van der Waals surface area contributed by atoms with E-state index in [0.717, 1.165) is 11.4 Å². The molecule has 2 amide bonds. The smallest absolute Gasteiger partial charge is 0.239 e. The second-order valence-electron chi connectivity index (χ2n) is 7.09. The average Bonchev–Trinajstić information content (AvgIpc) is 3.08. The summed E-state index contributed by atoms with van der Waals surface area (Å²) in [4.78, 5) is 28.2. The van der Waals surface area contributed by atoms with Crippen LogP contribution in [0, 0.1) is 5.92 Å². The molecule has 0 saturated heterocycles. The lowest BCUT2D eigenvalue weighted by Crippen LogP contribution is -2.47. The zero-order valence-corrected chi connectivity index (χ0v) is 18.5. The van der Waals surface area contributed by atoms with Gasteiger partial charge in [0.15, 0.2) is 0 Å². The third kappa shape index (κ3) is 8.77. The van der Waals surface area contributed by atoms with Gasteiger partial charge in [-0.05, 0) is 18.8 Å². The van der Waals surface area contributed by atoms with Crippen molar-refractivity contribution in [1.82, 2.24) is 15.6 Å². The van der Waals surface area contributed by atoms with Crippen LogP contribution in [0.2, 0.25) is 0 Å². The molecule has 9 heteroatoms. The standard InChI is InChI=1S/C18H30N4O2S.2ClH/c1-12(2)17(19)18(24)21-10-15(23)20-9-8-16-22-14(11-25-16)13-6-4-3-5-7-13;;/h11-13,17H,3-10,19H2,1-2H3,(H,20,23)(H,21,24);2*1H/t17-;;/m0../s1. The second-order valence-corrected chi connectivity index (χ2v) is 8.03. The number of thiazole rings is 1. The van der Waals surface area contributed by atoms with Gasteiger partial charge in [0.25, 0.3) is 0 Å². The lowest BCUT2D eigenvalue weighted by molar-refractivity contribution is -0.127. The molecule has 4 N–H and O–H groups in total. The molecule has 1 saturated carbocycles. The Hall–Kier alpha value is -0.890. The van der Waals surface area contributed by atoms with Crippen LogP contribution in [0.5, 0.6) is 0 Å². The maximum absolute atomic E-state index is 11.8. The molecule has 156 valence electrons. The van der Waals surface area contributed by atoms with Gasteiger partial charge in [0, 0.05) is 24.3 Å². The fourth-order valence-electron chi connectivity index (χ4n) is 2.99. The summed E-state index contributed by atoms with van der Waals surface area (Å²) in [5.74, 6) is 0.176. The van der Waals surface area contributed by atoms with E-state index in [1.54, 1.807) is 11.3 Å². The van der Waals surface area contributed by atoms with Crippen LogP contribution in [0.25, 0.3) is 0 Å². The summed E-state index contributed by atoms with van der Waals surface area (Å²) in [6.45, 7) is 4.24. The Labute approximate surface area is 178 Å². The molecule has 27 heavy (non-hydrogen) atoms. The molecule has 1 heterocycles. The minimum atomic E-state index is -0.582. The van der Waals surface area contributed by atoms with Gasteiger partial charge in [-0.15, -0.1) is 36.2 Å². The predicted molar refractivity (Wildman–Crippen MR) is 115 cm³/mol. The molecule has 0 aliphatic heterocycles. The van der Waals surface area contributed by atoms with E-state index in [1.807, 2.05) is 13.8 Å². The first-order valence-electron chi connectivity index (χ1n) is 9.21. The summed E-state index contributed by atoms with van der Waals surface area (Å²) in [7, 11) is 0. The molecule has 1 atom stereocenters. The first-order chi connectivity index (χ1) is 12.0. The van der Waals surface area contributed by atoms with Gasteiger partial charge in [-0.2, -0.15) is 0 Å². The number of aromatic nitrogens is 1. The zero-order chi connectivity index (χ0) is 18.2. The molecule has 1 aromatic rings. The Morgan fingerprint density at radius 3 is 2.52 bits per heavy atom. The third-order valence-corrected chi connectivity index (χ3v) is 5.62. The van der Waals surface area contributed by atoms with Gasteiger partial charge in [-0.25, -0.2) is 4.98 Å². The number of carbonyl (C=O) groups excluding carboxylic acids is 2. The molecule has 1 aliphatic carbocycles. The highest BCUT2D eigenvalue weighted by Gasteiger charge is 2.19. The van der Waals surface area contributed by atoms with E-state index in [-0.39, 0.29) is 49.1 Å². The number of carbonyl (C=O) groups is 2. The minimum absolute atomic E-state index is 0. The van der Waals surface area contributed by atoms with Gasteiger partial charge in [0.1, 0.15) is 0 Å². The Morgan fingerprint density at radius 2 is 1.89 bits per heavy atom. The lowest BCUT2D eigenvalue weighted by Gasteiger charge is -2.19. The Morgan fingerprint density at radius 1 is 1.22 bits per heavy atom. The van der Waals surface area contributed by atoms with E-state index in [2.05, 4.69) is 16.0 Å². The number of nitrogens with one attached hydrogen (secondary N) is 2. The minimum Gasteiger partial charge on any atom is -0.354 e. The molecule has 0 spiro atoms. The van der Waals surface area contributed by atoms with Gasteiger partial charge >= 0.3 is 0 Å². The van der Waals surface area contributed by atoms with Crippen LogP contribution in [-0.2, 0) is 16.0 Å². The molecule has 0 radical (unpaired) electrons. The molecule has 1 fully saturated rings. The third-order valence-electron chi connectivity index (χ3n) is 4.70. The van der Waals surface area contributed by atoms with E-state index in [1.165, 1.54) is 37.8 Å². The lowest BCUT2D eigenvalue weighted by atomic mass is 9.87. The normalized spacial score (nSPS) is 15.4. The number of nitrogens with zero attached hydrogens (tertiary/aromatic N) is 1. The van der Waals surface area contributed by atoms with Crippen LogP contribution < -0.4 is 16.4 Å². The van der Waals surface area contributed by atoms with Crippen LogP contribution in [-0.4, -0.2) is 35.9 Å². The Balaban J connectivity index is 0.00000338. The number of amides is 2. The monoisotopic (exact) mass is 438 g/mol. The summed E-state index contributed by atoms with van der Waals surface area (Å²) < 4.78 is 0. The molecule has 2 rings (SSSR count).